The van der Waals surface area contributed by atoms with Gasteiger partial charge in [-0.05, 0) is 36.2 Å². The van der Waals surface area contributed by atoms with Gasteiger partial charge in [-0.25, -0.2) is 0 Å². The lowest BCUT2D eigenvalue weighted by atomic mass is 10.1. The maximum Gasteiger partial charge on any atom is 0.269 e. The molecule has 9 heteroatoms. The summed E-state index contributed by atoms with van der Waals surface area (Å²) < 4.78 is 1.85. The zero-order valence-electron chi connectivity index (χ0n) is 16.1. The average molecular weight is 428 g/mol. The summed E-state index contributed by atoms with van der Waals surface area (Å²) in [6.45, 7) is 2.00. The number of aromatic nitrogens is 3. The van der Waals surface area contributed by atoms with E-state index in [-0.39, 0.29) is 17.6 Å². The van der Waals surface area contributed by atoms with Gasteiger partial charge in [-0.2, -0.15) is 0 Å². The molecule has 29 heavy (non-hydrogen) atoms. The van der Waals surface area contributed by atoms with Gasteiger partial charge < -0.3 is 4.57 Å². The van der Waals surface area contributed by atoms with E-state index in [2.05, 4.69) is 21.0 Å². The number of nitrogens with one attached hydrogen (secondary N) is 2. The summed E-state index contributed by atoms with van der Waals surface area (Å²) in [6.07, 6.45) is 1.66. The molecule has 2 N–H and O–H groups in total. The Labute approximate surface area is 177 Å². The maximum atomic E-state index is 12.2. The molecule has 2 amide bonds. The lowest BCUT2D eigenvalue weighted by molar-refractivity contribution is -0.119. The molecule has 7 nitrogen and oxygen atoms in total. The van der Waals surface area contributed by atoms with Crippen LogP contribution < -0.4 is 10.9 Å². The van der Waals surface area contributed by atoms with Crippen LogP contribution in [0.4, 0.5) is 0 Å². The summed E-state index contributed by atoms with van der Waals surface area (Å²) in [6, 6.07) is 15.1. The molecule has 0 spiro atoms. The van der Waals surface area contributed by atoms with Crippen LogP contribution in [-0.4, -0.2) is 32.3 Å². The van der Waals surface area contributed by atoms with Gasteiger partial charge in [-0.3, -0.25) is 20.4 Å². The largest absolute Gasteiger partial charge is 0.312 e. The molecule has 0 aliphatic heterocycles. The van der Waals surface area contributed by atoms with E-state index in [0.29, 0.717) is 5.56 Å². The first-order chi connectivity index (χ1) is 14.0. The van der Waals surface area contributed by atoms with E-state index in [0.717, 1.165) is 26.9 Å². The Kier molecular flexibility index (Phi) is 7.31. The van der Waals surface area contributed by atoms with Crippen molar-refractivity contribution in [1.82, 2.24) is 25.6 Å². The smallest absolute Gasteiger partial charge is 0.269 e. The van der Waals surface area contributed by atoms with E-state index in [4.69, 9.17) is 0 Å². The van der Waals surface area contributed by atoms with Gasteiger partial charge in [0.05, 0.1) is 5.75 Å². The number of rotatable bonds is 7. The molecule has 0 saturated heterocycles. The Hall–Kier alpha value is -2.78. The molecule has 2 aromatic carbocycles. The van der Waals surface area contributed by atoms with Crippen molar-refractivity contribution in [3.63, 3.8) is 0 Å². The first kappa shape index (κ1) is 20.9. The van der Waals surface area contributed by atoms with E-state index >= 15 is 0 Å². The lowest BCUT2D eigenvalue weighted by Crippen LogP contribution is -2.42. The standard InChI is InChI=1S/C20H21N5O2S2/c1-14-5-3-4-6-17(14)28-12-18(26)22-23-19(27)16-9-7-15(8-10-16)11-29-20-24-21-13-25(20)2/h3-10,13H,11-12H2,1-2H3,(H,22,26)(H,23,27). The third-order valence-electron chi connectivity index (χ3n) is 4.02. The summed E-state index contributed by atoms with van der Waals surface area (Å²) in [5.74, 6) is 0.333. The number of amides is 2. The zero-order chi connectivity index (χ0) is 20.6. The quantitative estimate of drug-likeness (QED) is 0.445. The van der Waals surface area contributed by atoms with Crippen LogP contribution in [0.15, 0.2) is 64.9 Å². The van der Waals surface area contributed by atoms with Gasteiger partial charge in [0.15, 0.2) is 5.16 Å². The van der Waals surface area contributed by atoms with Gasteiger partial charge in [0.1, 0.15) is 6.33 Å². The zero-order valence-corrected chi connectivity index (χ0v) is 17.7. The highest BCUT2D eigenvalue weighted by atomic mass is 32.2. The molecule has 3 rings (SSSR count). The molecule has 0 unspecified atom stereocenters. The number of nitrogens with zero attached hydrogens (tertiary/aromatic N) is 3. The molecule has 0 atom stereocenters. The van der Waals surface area contributed by atoms with Gasteiger partial charge in [0.25, 0.3) is 5.91 Å². The Bertz CT molecular complexity index is 989. The SMILES string of the molecule is Cc1ccccc1SCC(=O)NNC(=O)c1ccc(CSc2nncn2C)cc1. The van der Waals surface area contributed by atoms with Crippen molar-refractivity contribution in [1.29, 1.82) is 0 Å². The molecule has 0 bridgehead atoms. The summed E-state index contributed by atoms with van der Waals surface area (Å²) in [4.78, 5) is 25.2. The summed E-state index contributed by atoms with van der Waals surface area (Å²) >= 11 is 3.00. The van der Waals surface area contributed by atoms with Crippen molar-refractivity contribution in [2.75, 3.05) is 5.75 Å². The van der Waals surface area contributed by atoms with E-state index in [1.807, 2.05) is 54.9 Å². The van der Waals surface area contributed by atoms with Crippen LogP contribution in [0.1, 0.15) is 21.5 Å². The number of hydrazine groups is 1. The number of hydrogen-bond donors (Lipinski definition) is 2. The van der Waals surface area contributed by atoms with Crippen LogP contribution in [0.25, 0.3) is 0 Å². The Morgan fingerprint density at radius 3 is 2.48 bits per heavy atom. The topological polar surface area (TPSA) is 88.9 Å². The Morgan fingerprint density at radius 2 is 1.79 bits per heavy atom. The van der Waals surface area contributed by atoms with Crippen LogP contribution >= 0.6 is 23.5 Å². The van der Waals surface area contributed by atoms with Gasteiger partial charge in [0, 0.05) is 23.3 Å². The van der Waals surface area contributed by atoms with Crippen molar-refractivity contribution < 1.29 is 9.59 Å². The molecule has 0 aliphatic carbocycles. The van der Waals surface area contributed by atoms with E-state index in [1.165, 1.54) is 11.8 Å². The summed E-state index contributed by atoms with van der Waals surface area (Å²) in [7, 11) is 1.89. The number of hydrogen-bond acceptors (Lipinski definition) is 6. The average Bonchev–Trinajstić information content (AvgIpc) is 3.15. The normalized spacial score (nSPS) is 10.6. The summed E-state index contributed by atoms with van der Waals surface area (Å²) in [5.41, 5.74) is 7.56. The van der Waals surface area contributed by atoms with E-state index in [9.17, 15) is 9.59 Å². The van der Waals surface area contributed by atoms with Crippen molar-refractivity contribution in [3.8, 4) is 0 Å². The second-order valence-corrected chi connectivity index (χ2v) is 8.23. The van der Waals surface area contributed by atoms with Gasteiger partial charge in [-0.1, -0.05) is 42.1 Å². The van der Waals surface area contributed by atoms with Crippen LogP contribution in [0.3, 0.4) is 0 Å². The van der Waals surface area contributed by atoms with Gasteiger partial charge in [-0.15, -0.1) is 22.0 Å². The fraction of sp³-hybridized carbons (Fsp3) is 0.200. The predicted molar refractivity (Wildman–Crippen MR) is 115 cm³/mol. The molecule has 1 aromatic heterocycles. The molecule has 0 aliphatic rings. The van der Waals surface area contributed by atoms with Crippen LogP contribution in [0.5, 0.6) is 0 Å². The minimum Gasteiger partial charge on any atom is -0.312 e. The Morgan fingerprint density at radius 1 is 1.03 bits per heavy atom. The third kappa shape index (κ3) is 6.10. The van der Waals surface area contributed by atoms with Crippen LogP contribution in [0, 0.1) is 6.92 Å². The molecular weight excluding hydrogens is 406 g/mol. The first-order valence-corrected chi connectivity index (χ1v) is 10.8. The highest BCUT2D eigenvalue weighted by molar-refractivity contribution is 8.00. The molecular formula is C20H21N5O2S2. The molecule has 3 aromatic rings. The van der Waals surface area contributed by atoms with Crippen molar-refractivity contribution in [2.45, 2.75) is 22.7 Å². The predicted octanol–water partition coefficient (Wildman–Crippen LogP) is 2.97. The minimum absolute atomic E-state index is 0.226. The minimum atomic E-state index is -0.355. The maximum absolute atomic E-state index is 12.2. The Balaban J connectivity index is 1.43. The van der Waals surface area contributed by atoms with Crippen molar-refractivity contribution in [3.05, 3.63) is 71.5 Å². The van der Waals surface area contributed by atoms with Gasteiger partial charge >= 0.3 is 0 Å². The molecule has 1 heterocycles. The van der Waals surface area contributed by atoms with Crippen LogP contribution in [-0.2, 0) is 17.6 Å². The van der Waals surface area contributed by atoms with E-state index in [1.54, 1.807) is 30.2 Å². The van der Waals surface area contributed by atoms with E-state index < -0.39 is 0 Å². The number of thioether (sulfide) groups is 2. The van der Waals surface area contributed by atoms with Crippen molar-refractivity contribution in [2.24, 2.45) is 7.05 Å². The number of carbonyl (C=O) groups excluding carboxylic acids is 2. The monoisotopic (exact) mass is 427 g/mol. The number of benzene rings is 2. The summed E-state index contributed by atoms with van der Waals surface area (Å²) in [5, 5.41) is 8.70. The third-order valence-corrected chi connectivity index (χ3v) is 6.30. The fourth-order valence-corrected chi connectivity index (χ4v) is 4.07. The molecule has 150 valence electrons. The second-order valence-electron chi connectivity index (χ2n) is 6.27. The molecule has 0 saturated carbocycles. The number of aryl methyl sites for hydroxylation is 2. The second kappa shape index (κ2) is 10.1. The number of carbonyl (C=O) groups is 2. The van der Waals surface area contributed by atoms with Crippen LogP contribution in [0.2, 0.25) is 0 Å². The first-order valence-electron chi connectivity index (χ1n) is 8.86. The fourth-order valence-electron chi connectivity index (χ4n) is 2.40. The highest BCUT2D eigenvalue weighted by Gasteiger charge is 2.09. The van der Waals surface area contributed by atoms with Crippen molar-refractivity contribution >= 4 is 35.3 Å². The molecule has 0 radical (unpaired) electrons. The van der Waals surface area contributed by atoms with Gasteiger partial charge in [0.2, 0.25) is 5.91 Å². The lowest BCUT2D eigenvalue weighted by Gasteiger charge is -2.09. The molecule has 0 fully saturated rings. The highest BCUT2D eigenvalue weighted by Crippen LogP contribution is 2.21.